The average molecular weight is 228 g/mol. The van der Waals surface area contributed by atoms with E-state index in [0.717, 1.165) is 24.3 Å². The zero-order valence-corrected chi connectivity index (χ0v) is 10.1. The predicted octanol–water partition coefficient (Wildman–Crippen LogP) is 3.38. The first kappa shape index (κ1) is 11.8. The first-order chi connectivity index (χ1) is 6.83. The lowest BCUT2D eigenvalue weighted by Crippen LogP contribution is -1.92. The molecule has 0 fully saturated rings. The van der Waals surface area contributed by atoms with Crippen molar-refractivity contribution in [2.24, 2.45) is 0 Å². The predicted molar refractivity (Wildman–Crippen MR) is 65.7 cm³/mol. The largest absolute Gasteiger partial charge is 0.248 e. The molecule has 14 heavy (non-hydrogen) atoms. The van der Waals surface area contributed by atoms with Gasteiger partial charge >= 0.3 is 0 Å². The fraction of sp³-hybridized carbons (Fsp3) is 0.455. The van der Waals surface area contributed by atoms with Gasteiger partial charge in [-0.05, 0) is 12.0 Å². The second kappa shape index (κ2) is 7.07. The minimum Gasteiger partial charge on any atom is -0.248 e. The molecule has 78 valence electrons. The fourth-order valence-electron chi connectivity index (χ4n) is 1.03. The topological polar surface area (TPSA) is 17.1 Å². The number of unbranched alkanes of at least 4 members (excludes halogenated alkanes) is 1. The molecule has 0 spiro atoms. The highest BCUT2D eigenvalue weighted by Gasteiger charge is 2.00. The van der Waals surface area contributed by atoms with Gasteiger partial charge in [-0.3, -0.25) is 0 Å². The maximum Gasteiger partial charge on any atom is 0.0807 e. The second-order valence-electron chi connectivity index (χ2n) is 3.11. The van der Waals surface area contributed by atoms with Crippen LogP contribution in [0.4, 0.5) is 0 Å². The molecule has 1 nitrogen and oxygen atoms in total. The van der Waals surface area contributed by atoms with Crippen LogP contribution in [0.3, 0.4) is 0 Å². The van der Waals surface area contributed by atoms with Gasteiger partial charge in [0.05, 0.1) is 9.83 Å². The minimum absolute atomic E-state index is 0.704. The lowest BCUT2D eigenvalue weighted by molar-refractivity contribution is 0.688. The standard InChI is InChI=1S/C11H16OS2/c1-2-3-9-14(12)13-10-11-7-5-4-6-8-11/h4-8H,2-3,9-10H2,1H3. The summed E-state index contributed by atoms with van der Waals surface area (Å²) in [4.78, 5) is 0. The first-order valence-corrected chi connectivity index (χ1v) is 7.70. The van der Waals surface area contributed by atoms with E-state index in [2.05, 4.69) is 19.1 Å². The Labute approximate surface area is 92.2 Å². The highest BCUT2D eigenvalue weighted by molar-refractivity contribution is 8.68. The van der Waals surface area contributed by atoms with Crippen LogP contribution >= 0.6 is 10.8 Å². The number of hydrogen-bond donors (Lipinski definition) is 0. The van der Waals surface area contributed by atoms with Crippen molar-refractivity contribution < 1.29 is 4.21 Å². The third-order valence-electron chi connectivity index (χ3n) is 1.86. The van der Waals surface area contributed by atoms with Gasteiger partial charge in [0.25, 0.3) is 0 Å². The van der Waals surface area contributed by atoms with Gasteiger partial charge in [0.2, 0.25) is 0 Å². The van der Waals surface area contributed by atoms with Gasteiger partial charge in [-0.15, -0.1) is 0 Å². The van der Waals surface area contributed by atoms with Crippen LogP contribution in [-0.4, -0.2) is 9.96 Å². The molecule has 0 saturated heterocycles. The van der Waals surface area contributed by atoms with E-state index in [9.17, 15) is 4.21 Å². The normalized spacial score (nSPS) is 12.6. The Bertz CT molecular complexity index is 272. The molecule has 1 unspecified atom stereocenters. The van der Waals surface area contributed by atoms with E-state index in [0.29, 0.717) is 0 Å². The van der Waals surface area contributed by atoms with Gasteiger partial charge in [-0.25, -0.2) is 4.21 Å². The molecular weight excluding hydrogens is 212 g/mol. The quantitative estimate of drug-likeness (QED) is 0.694. The highest BCUT2D eigenvalue weighted by atomic mass is 33.1. The Hall–Kier alpha value is -0.280. The smallest absolute Gasteiger partial charge is 0.0807 e. The van der Waals surface area contributed by atoms with Crippen molar-refractivity contribution in [3.05, 3.63) is 35.9 Å². The van der Waals surface area contributed by atoms with E-state index in [1.807, 2.05) is 18.2 Å². The Kier molecular flexibility index (Phi) is 5.96. The van der Waals surface area contributed by atoms with Gasteiger partial charge in [0, 0.05) is 11.5 Å². The third-order valence-corrected chi connectivity index (χ3v) is 4.84. The molecule has 0 N–H and O–H groups in total. The Morgan fingerprint density at radius 3 is 2.64 bits per heavy atom. The maximum absolute atomic E-state index is 11.4. The zero-order chi connectivity index (χ0) is 10.2. The molecule has 0 radical (unpaired) electrons. The fourth-order valence-corrected chi connectivity index (χ4v) is 3.64. The van der Waals surface area contributed by atoms with Crippen LogP contribution in [0, 0.1) is 0 Å². The summed E-state index contributed by atoms with van der Waals surface area (Å²) >= 11 is 0. The molecule has 1 atom stereocenters. The Morgan fingerprint density at radius 1 is 1.29 bits per heavy atom. The second-order valence-corrected chi connectivity index (χ2v) is 6.47. The van der Waals surface area contributed by atoms with Crippen LogP contribution in [0.15, 0.2) is 30.3 Å². The molecule has 0 aliphatic rings. The number of hydrogen-bond acceptors (Lipinski definition) is 2. The first-order valence-electron chi connectivity index (χ1n) is 4.88. The van der Waals surface area contributed by atoms with E-state index in [-0.39, 0.29) is 0 Å². The van der Waals surface area contributed by atoms with Crippen molar-refractivity contribution in [3.63, 3.8) is 0 Å². The molecule has 0 aliphatic carbocycles. The van der Waals surface area contributed by atoms with E-state index in [4.69, 9.17) is 0 Å². The van der Waals surface area contributed by atoms with Crippen LogP contribution in [0.1, 0.15) is 25.3 Å². The van der Waals surface area contributed by atoms with E-state index in [1.165, 1.54) is 5.56 Å². The molecule has 0 saturated carbocycles. The number of benzene rings is 1. The van der Waals surface area contributed by atoms with Gasteiger partial charge < -0.3 is 0 Å². The van der Waals surface area contributed by atoms with E-state index in [1.54, 1.807) is 10.8 Å². The van der Waals surface area contributed by atoms with Crippen molar-refractivity contribution in [1.82, 2.24) is 0 Å². The SMILES string of the molecule is CCCCS(=O)SCc1ccccc1. The minimum atomic E-state index is -0.704. The molecule has 0 amide bonds. The van der Waals surface area contributed by atoms with Crippen LogP contribution < -0.4 is 0 Å². The molecular formula is C11H16OS2. The summed E-state index contributed by atoms with van der Waals surface area (Å²) in [6.45, 7) is 2.12. The van der Waals surface area contributed by atoms with E-state index < -0.39 is 9.83 Å². The molecule has 1 rings (SSSR count). The monoisotopic (exact) mass is 228 g/mol. The summed E-state index contributed by atoms with van der Waals surface area (Å²) in [6.07, 6.45) is 2.19. The van der Waals surface area contributed by atoms with Crippen LogP contribution in [0.2, 0.25) is 0 Å². The third kappa shape index (κ3) is 4.82. The van der Waals surface area contributed by atoms with Crippen molar-refractivity contribution in [2.45, 2.75) is 25.5 Å². The van der Waals surface area contributed by atoms with Crippen molar-refractivity contribution in [2.75, 3.05) is 5.75 Å². The zero-order valence-electron chi connectivity index (χ0n) is 8.44. The van der Waals surface area contributed by atoms with Gasteiger partial charge in [0.1, 0.15) is 0 Å². The summed E-state index contributed by atoms with van der Waals surface area (Å²) in [5.41, 5.74) is 1.25. The van der Waals surface area contributed by atoms with Crippen molar-refractivity contribution >= 4 is 20.6 Å². The van der Waals surface area contributed by atoms with Gasteiger partial charge in [-0.2, -0.15) is 0 Å². The van der Waals surface area contributed by atoms with Gasteiger partial charge in [0.15, 0.2) is 0 Å². The lowest BCUT2D eigenvalue weighted by Gasteiger charge is -2.00. The molecule has 0 aromatic heterocycles. The molecule has 3 heteroatoms. The molecule has 1 aromatic rings. The number of rotatable bonds is 6. The Balaban J connectivity index is 2.24. The van der Waals surface area contributed by atoms with Crippen LogP contribution in [-0.2, 0) is 15.6 Å². The van der Waals surface area contributed by atoms with Crippen molar-refractivity contribution in [1.29, 1.82) is 0 Å². The van der Waals surface area contributed by atoms with E-state index >= 15 is 0 Å². The molecule has 0 bridgehead atoms. The van der Waals surface area contributed by atoms with Crippen molar-refractivity contribution in [3.8, 4) is 0 Å². The summed E-state index contributed by atoms with van der Waals surface area (Å²) < 4.78 is 11.4. The molecule has 0 heterocycles. The highest BCUT2D eigenvalue weighted by Crippen LogP contribution is 2.16. The van der Waals surface area contributed by atoms with Crippen LogP contribution in [0.25, 0.3) is 0 Å². The van der Waals surface area contributed by atoms with Gasteiger partial charge in [-0.1, -0.05) is 54.5 Å². The molecule has 1 aromatic carbocycles. The lowest BCUT2D eigenvalue weighted by atomic mass is 10.2. The summed E-state index contributed by atoms with van der Waals surface area (Å²) in [7, 11) is 0.838. The summed E-state index contributed by atoms with van der Waals surface area (Å²) in [5.74, 6) is 1.69. The summed E-state index contributed by atoms with van der Waals surface area (Å²) in [5, 5.41) is 0. The van der Waals surface area contributed by atoms with Crippen LogP contribution in [0.5, 0.6) is 0 Å². The summed E-state index contributed by atoms with van der Waals surface area (Å²) in [6, 6.07) is 10.2. The molecule has 0 aliphatic heterocycles. The maximum atomic E-state index is 11.4. The average Bonchev–Trinajstić information content (AvgIpc) is 2.25. The Morgan fingerprint density at radius 2 is 2.00 bits per heavy atom.